The molecule has 2 aromatic rings. The fourth-order valence-corrected chi connectivity index (χ4v) is 6.86. The Labute approximate surface area is 202 Å². The third-order valence-electron chi connectivity index (χ3n) is 7.05. The first-order valence-electron chi connectivity index (χ1n) is 12.3. The largest absolute Gasteiger partial charge is 0.355 e. The molecular formula is C26H35N3O4S. The normalized spacial score (nSPS) is 22.4. The summed E-state index contributed by atoms with van der Waals surface area (Å²) in [5.74, 6) is 0.0176. The highest BCUT2D eigenvalue weighted by Gasteiger charge is 2.39. The predicted octanol–water partition coefficient (Wildman–Crippen LogP) is 4.65. The van der Waals surface area contributed by atoms with Gasteiger partial charge in [0, 0.05) is 25.7 Å². The van der Waals surface area contributed by atoms with E-state index in [1.54, 1.807) is 13.0 Å². The first kappa shape index (κ1) is 24.7. The molecule has 1 aromatic heterocycles. The molecule has 1 aromatic carbocycles. The van der Waals surface area contributed by atoms with Crippen LogP contribution >= 0.6 is 0 Å². The van der Waals surface area contributed by atoms with Crippen LogP contribution in [-0.2, 0) is 14.8 Å². The molecule has 2 aliphatic rings. The fraction of sp³-hybridized carbons (Fsp3) is 0.538. The number of sulfonamides is 1. The smallest absolute Gasteiger partial charge is 0.248 e. The average Bonchev–Trinajstić information content (AvgIpc) is 3.24. The van der Waals surface area contributed by atoms with Crippen molar-refractivity contribution in [3.63, 3.8) is 0 Å². The number of aromatic nitrogens is 1. The van der Waals surface area contributed by atoms with Gasteiger partial charge in [-0.25, -0.2) is 8.42 Å². The molecule has 8 heteroatoms. The minimum absolute atomic E-state index is 0.0911. The van der Waals surface area contributed by atoms with Crippen molar-refractivity contribution in [2.75, 3.05) is 19.6 Å². The first-order valence-corrected chi connectivity index (χ1v) is 13.8. The van der Waals surface area contributed by atoms with Crippen molar-refractivity contribution in [1.82, 2.24) is 14.4 Å². The van der Waals surface area contributed by atoms with Crippen molar-refractivity contribution in [3.8, 4) is 0 Å². The zero-order chi connectivity index (χ0) is 24.3. The Bertz CT molecular complexity index is 1140. The van der Waals surface area contributed by atoms with Gasteiger partial charge >= 0.3 is 0 Å². The van der Waals surface area contributed by atoms with E-state index in [4.69, 9.17) is 4.52 Å². The standard InChI is InChI=1S/C26H35N3O4S/c1-4-23-9-5-6-17-29(23)26(30)22-8-7-16-28(18-22)34(31,32)25-20(3)27-33-24(25)15-14-21-12-10-19(2)11-13-21/h10-15,22-23H,4-9,16-18H2,1-3H3/b15-14+/t22-,23+/m0/s1. The topological polar surface area (TPSA) is 83.7 Å². The summed E-state index contributed by atoms with van der Waals surface area (Å²) in [4.78, 5) is 15.5. The number of rotatable bonds is 6. The molecule has 0 aliphatic carbocycles. The summed E-state index contributed by atoms with van der Waals surface area (Å²) in [7, 11) is -3.85. The number of hydrogen-bond acceptors (Lipinski definition) is 5. The summed E-state index contributed by atoms with van der Waals surface area (Å²) in [5, 5.41) is 3.95. The van der Waals surface area contributed by atoms with Crippen LogP contribution in [0.1, 0.15) is 68.0 Å². The summed E-state index contributed by atoms with van der Waals surface area (Å²) < 4.78 is 34.2. The van der Waals surface area contributed by atoms with Crippen molar-refractivity contribution < 1.29 is 17.7 Å². The summed E-state index contributed by atoms with van der Waals surface area (Å²) in [6.07, 6.45) is 9.02. The maximum Gasteiger partial charge on any atom is 0.248 e. The molecule has 2 saturated heterocycles. The van der Waals surface area contributed by atoms with E-state index in [1.807, 2.05) is 42.2 Å². The van der Waals surface area contributed by atoms with Crippen LogP contribution in [0.15, 0.2) is 33.7 Å². The predicted molar refractivity (Wildman–Crippen MR) is 132 cm³/mol. The third-order valence-corrected chi connectivity index (χ3v) is 9.07. The lowest BCUT2D eigenvalue weighted by atomic mass is 9.93. The molecule has 0 unspecified atom stereocenters. The van der Waals surface area contributed by atoms with Crippen molar-refractivity contribution in [1.29, 1.82) is 0 Å². The summed E-state index contributed by atoms with van der Waals surface area (Å²) in [6.45, 7) is 7.16. The molecule has 0 spiro atoms. The van der Waals surface area contributed by atoms with Crippen LogP contribution in [0, 0.1) is 19.8 Å². The molecular weight excluding hydrogens is 450 g/mol. The maximum absolute atomic E-state index is 13.7. The number of carbonyl (C=O) groups excluding carboxylic acids is 1. The van der Waals surface area contributed by atoms with Gasteiger partial charge in [-0.05, 0) is 64.0 Å². The van der Waals surface area contributed by atoms with E-state index >= 15 is 0 Å². The van der Waals surface area contributed by atoms with Gasteiger partial charge in [0.15, 0.2) is 10.7 Å². The number of aryl methyl sites for hydroxylation is 2. The Morgan fingerprint density at radius 3 is 2.59 bits per heavy atom. The van der Waals surface area contributed by atoms with Crippen LogP contribution in [0.2, 0.25) is 0 Å². The van der Waals surface area contributed by atoms with Gasteiger partial charge in [0.2, 0.25) is 15.9 Å². The Kier molecular flexibility index (Phi) is 7.57. The SMILES string of the molecule is CC[C@@H]1CCCCN1C(=O)[C@H]1CCCN(S(=O)(=O)c2c(C)noc2/C=C/c2ccc(C)cc2)C1. The second kappa shape index (κ2) is 10.4. The van der Waals surface area contributed by atoms with E-state index in [-0.39, 0.29) is 35.1 Å². The number of hydrogen-bond donors (Lipinski definition) is 0. The second-order valence-corrected chi connectivity index (χ2v) is 11.4. The van der Waals surface area contributed by atoms with E-state index in [0.717, 1.165) is 49.8 Å². The van der Waals surface area contributed by atoms with Crippen molar-refractivity contribution >= 4 is 28.1 Å². The molecule has 0 bridgehead atoms. The zero-order valence-corrected chi connectivity index (χ0v) is 21.2. The van der Waals surface area contributed by atoms with Crippen molar-refractivity contribution in [2.45, 2.75) is 70.2 Å². The molecule has 1 amide bonds. The van der Waals surface area contributed by atoms with Crippen molar-refractivity contribution in [2.24, 2.45) is 5.92 Å². The molecule has 2 fully saturated rings. The molecule has 3 heterocycles. The zero-order valence-electron chi connectivity index (χ0n) is 20.4. The number of piperidine rings is 2. The van der Waals surface area contributed by atoms with Crippen LogP contribution in [0.25, 0.3) is 12.2 Å². The van der Waals surface area contributed by atoms with E-state index in [2.05, 4.69) is 12.1 Å². The Morgan fingerprint density at radius 1 is 1.09 bits per heavy atom. The minimum Gasteiger partial charge on any atom is -0.355 e. The molecule has 2 atom stereocenters. The fourth-order valence-electron chi connectivity index (χ4n) is 5.09. The Morgan fingerprint density at radius 2 is 1.85 bits per heavy atom. The molecule has 7 nitrogen and oxygen atoms in total. The van der Waals surface area contributed by atoms with E-state index in [0.29, 0.717) is 18.7 Å². The average molecular weight is 486 g/mol. The molecule has 184 valence electrons. The van der Waals surface area contributed by atoms with Gasteiger partial charge in [0.25, 0.3) is 0 Å². The lowest BCUT2D eigenvalue weighted by Gasteiger charge is -2.39. The second-order valence-electron chi connectivity index (χ2n) is 9.50. The van der Waals surface area contributed by atoms with E-state index in [9.17, 15) is 13.2 Å². The van der Waals surface area contributed by atoms with Gasteiger partial charge < -0.3 is 9.42 Å². The van der Waals surface area contributed by atoms with Crippen LogP contribution in [0.3, 0.4) is 0 Å². The van der Waals surface area contributed by atoms with Crippen LogP contribution in [-0.4, -0.2) is 54.4 Å². The van der Waals surface area contributed by atoms with Crippen LogP contribution in [0.4, 0.5) is 0 Å². The number of likely N-dealkylation sites (tertiary alicyclic amines) is 1. The minimum atomic E-state index is -3.85. The highest BCUT2D eigenvalue weighted by Crippen LogP contribution is 2.31. The van der Waals surface area contributed by atoms with Crippen LogP contribution < -0.4 is 0 Å². The lowest BCUT2D eigenvalue weighted by Crippen LogP contribution is -2.51. The molecule has 34 heavy (non-hydrogen) atoms. The molecule has 2 aliphatic heterocycles. The van der Waals surface area contributed by atoms with Gasteiger partial charge in [-0.1, -0.05) is 48.0 Å². The number of amides is 1. The van der Waals surface area contributed by atoms with Gasteiger partial charge in [-0.15, -0.1) is 0 Å². The lowest BCUT2D eigenvalue weighted by molar-refractivity contribution is -0.140. The maximum atomic E-state index is 13.7. The Balaban J connectivity index is 1.54. The summed E-state index contributed by atoms with van der Waals surface area (Å²) in [5.41, 5.74) is 2.43. The quantitative estimate of drug-likeness (QED) is 0.595. The van der Waals surface area contributed by atoms with Gasteiger partial charge in [0.05, 0.1) is 5.92 Å². The first-order chi connectivity index (χ1) is 16.3. The van der Waals surface area contributed by atoms with Gasteiger partial charge in [-0.3, -0.25) is 4.79 Å². The molecule has 4 rings (SSSR count). The van der Waals surface area contributed by atoms with E-state index in [1.165, 1.54) is 4.31 Å². The molecule has 0 radical (unpaired) electrons. The van der Waals surface area contributed by atoms with Gasteiger partial charge in [-0.2, -0.15) is 4.31 Å². The third kappa shape index (κ3) is 5.13. The number of carbonyl (C=O) groups is 1. The highest BCUT2D eigenvalue weighted by molar-refractivity contribution is 7.89. The number of benzene rings is 1. The summed E-state index contributed by atoms with van der Waals surface area (Å²) in [6, 6.07) is 8.20. The summed E-state index contributed by atoms with van der Waals surface area (Å²) >= 11 is 0. The van der Waals surface area contributed by atoms with Crippen molar-refractivity contribution in [3.05, 3.63) is 46.8 Å². The van der Waals surface area contributed by atoms with Crippen LogP contribution in [0.5, 0.6) is 0 Å². The monoisotopic (exact) mass is 485 g/mol. The Hall–Kier alpha value is -2.45. The molecule has 0 N–H and O–H groups in total. The van der Waals surface area contributed by atoms with Gasteiger partial charge in [0.1, 0.15) is 5.69 Å². The number of nitrogens with zero attached hydrogens (tertiary/aromatic N) is 3. The highest BCUT2D eigenvalue weighted by atomic mass is 32.2. The molecule has 0 saturated carbocycles. The van der Waals surface area contributed by atoms with E-state index < -0.39 is 10.0 Å².